The minimum absolute atomic E-state index is 0.282. The quantitative estimate of drug-likeness (QED) is 0.920. The van der Waals surface area contributed by atoms with E-state index in [1.807, 2.05) is 20.9 Å². The van der Waals surface area contributed by atoms with Crippen LogP contribution in [0.3, 0.4) is 0 Å². The lowest BCUT2D eigenvalue weighted by atomic mass is 10.1. The van der Waals surface area contributed by atoms with Gasteiger partial charge in [0.15, 0.2) is 5.01 Å². The Kier molecular flexibility index (Phi) is 3.82. The highest BCUT2D eigenvalue weighted by molar-refractivity contribution is 7.14. The molecule has 0 spiro atoms. The van der Waals surface area contributed by atoms with Crippen LogP contribution in [0.15, 0.2) is 4.42 Å². The summed E-state index contributed by atoms with van der Waals surface area (Å²) >= 11 is 1.64. The topological polar surface area (TPSA) is 51.0 Å². The molecule has 4 nitrogen and oxygen atoms in total. The monoisotopic (exact) mass is 265 g/mol. The number of furan rings is 1. The summed E-state index contributed by atoms with van der Waals surface area (Å²) in [7, 11) is 1.95. The third kappa shape index (κ3) is 2.20. The first-order valence-corrected chi connectivity index (χ1v) is 6.97. The van der Waals surface area contributed by atoms with E-state index < -0.39 is 0 Å². The van der Waals surface area contributed by atoms with Gasteiger partial charge < -0.3 is 9.73 Å². The highest BCUT2D eigenvalue weighted by Gasteiger charge is 2.19. The van der Waals surface area contributed by atoms with Gasteiger partial charge in [-0.1, -0.05) is 18.3 Å². The van der Waals surface area contributed by atoms with Crippen molar-refractivity contribution in [2.24, 2.45) is 0 Å². The van der Waals surface area contributed by atoms with Crippen LogP contribution < -0.4 is 5.32 Å². The molecular formula is C13H19N3OS. The molecule has 0 aromatic carbocycles. The molecule has 0 aliphatic carbocycles. The molecule has 2 aromatic rings. The van der Waals surface area contributed by atoms with Gasteiger partial charge in [-0.25, -0.2) is 0 Å². The number of nitrogens with zero attached hydrogens (tertiary/aromatic N) is 2. The van der Waals surface area contributed by atoms with E-state index in [-0.39, 0.29) is 6.04 Å². The lowest BCUT2D eigenvalue weighted by Crippen LogP contribution is -2.14. The predicted octanol–water partition coefficient (Wildman–Crippen LogP) is 3.39. The largest absolute Gasteiger partial charge is 0.466 e. The number of aryl methyl sites for hydroxylation is 2. The molecule has 1 unspecified atom stereocenters. The van der Waals surface area contributed by atoms with Crippen LogP contribution in [0.5, 0.6) is 0 Å². The van der Waals surface area contributed by atoms with E-state index in [0.29, 0.717) is 0 Å². The fraction of sp³-hybridized carbons (Fsp3) is 0.538. The molecule has 0 saturated carbocycles. The maximum atomic E-state index is 5.65. The molecule has 0 radical (unpaired) electrons. The van der Waals surface area contributed by atoms with Gasteiger partial charge in [0.05, 0.1) is 11.6 Å². The molecule has 0 saturated heterocycles. The van der Waals surface area contributed by atoms with Crippen LogP contribution in [-0.4, -0.2) is 17.2 Å². The highest BCUT2D eigenvalue weighted by atomic mass is 32.1. The molecule has 5 heteroatoms. The Labute approximate surface area is 111 Å². The average molecular weight is 265 g/mol. The van der Waals surface area contributed by atoms with E-state index in [1.165, 1.54) is 0 Å². The Balaban J connectivity index is 2.41. The van der Waals surface area contributed by atoms with Crippen molar-refractivity contribution in [1.82, 2.24) is 15.5 Å². The number of hydrogen-bond donors (Lipinski definition) is 1. The first-order chi connectivity index (χ1) is 8.58. The smallest absolute Gasteiger partial charge is 0.151 e. The molecule has 2 aromatic heterocycles. The van der Waals surface area contributed by atoms with Crippen LogP contribution in [0.25, 0.3) is 10.6 Å². The van der Waals surface area contributed by atoms with Crippen molar-refractivity contribution in [1.29, 1.82) is 0 Å². The Morgan fingerprint density at radius 3 is 2.44 bits per heavy atom. The Hall–Kier alpha value is -1.20. The van der Waals surface area contributed by atoms with Crippen LogP contribution in [-0.2, 0) is 0 Å². The van der Waals surface area contributed by atoms with E-state index in [9.17, 15) is 0 Å². The summed E-state index contributed by atoms with van der Waals surface area (Å²) in [5, 5.41) is 13.8. The third-order valence-corrected chi connectivity index (χ3v) is 4.33. The van der Waals surface area contributed by atoms with Crippen molar-refractivity contribution in [3.63, 3.8) is 0 Å². The van der Waals surface area contributed by atoms with E-state index in [4.69, 9.17) is 4.42 Å². The van der Waals surface area contributed by atoms with Gasteiger partial charge in [-0.05, 0) is 34.2 Å². The van der Waals surface area contributed by atoms with Crippen LogP contribution in [0.2, 0.25) is 0 Å². The molecule has 1 N–H and O–H groups in total. The van der Waals surface area contributed by atoms with Crippen LogP contribution in [0, 0.1) is 20.8 Å². The number of rotatable bonds is 4. The van der Waals surface area contributed by atoms with Crippen molar-refractivity contribution >= 4 is 11.3 Å². The maximum Gasteiger partial charge on any atom is 0.151 e. The van der Waals surface area contributed by atoms with Gasteiger partial charge in [-0.3, -0.25) is 0 Å². The van der Waals surface area contributed by atoms with Crippen LogP contribution >= 0.6 is 11.3 Å². The second kappa shape index (κ2) is 5.20. The van der Waals surface area contributed by atoms with E-state index in [0.717, 1.165) is 39.1 Å². The van der Waals surface area contributed by atoms with E-state index in [1.54, 1.807) is 11.3 Å². The molecule has 0 aliphatic rings. The average Bonchev–Trinajstić information content (AvgIpc) is 2.88. The summed E-state index contributed by atoms with van der Waals surface area (Å²) in [5.41, 5.74) is 2.26. The summed E-state index contributed by atoms with van der Waals surface area (Å²) in [6.07, 6.45) is 1.01. The van der Waals surface area contributed by atoms with Crippen molar-refractivity contribution in [3.05, 3.63) is 22.1 Å². The normalized spacial score (nSPS) is 12.9. The zero-order valence-corrected chi connectivity index (χ0v) is 12.3. The first kappa shape index (κ1) is 13.2. The number of nitrogens with one attached hydrogen (secondary N) is 1. The molecule has 0 amide bonds. The Morgan fingerprint density at radius 1 is 1.22 bits per heavy atom. The zero-order valence-electron chi connectivity index (χ0n) is 11.5. The van der Waals surface area contributed by atoms with Gasteiger partial charge in [-0.2, -0.15) is 0 Å². The molecule has 0 fully saturated rings. The van der Waals surface area contributed by atoms with Gasteiger partial charge in [-0.15, -0.1) is 10.2 Å². The molecule has 2 rings (SSSR count). The summed E-state index contributed by atoms with van der Waals surface area (Å²) in [4.78, 5) is 0. The molecular weight excluding hydrogens is 246 g/mol. The molecule has 0 bridgehead atoms. The summed E-state index contributed by atoms with van der Waals surface area (Å²) in [6, 6.07) is 0.282. The second-order valence-electron chi connectivity index (χ2n) is 4.41. The SMILES string of the molecule is CCC(NC)c1nnc(-c2c(C)oc(C)c2C)s1. The van der Waals surface area contributed by atoms with Gasteiger partial charge in [0.2, 0.25) is 0 Å². The van der Waals surface area contributed by atoms with Gasteiger partial charge in [0.1, 0.15) is 16.5 Å². The third-order valence-electron chi connectivity index (χ3n) is 3.27. The minimum atomic E-state index is 0.282. The van der Waals surface area contributed by atoms with Crippen molar-refractivity contribution < 1.29 is 4.42 Å². The van der Waals surface area contributed by atoms with Crippen molar-refractivity contribution in [2.75, 3.05) is 7.05 Å². The lowest BCUT2D eigenvalue weighted by Gasteiger charge is -2.07. The summed E-state index contributed by atoms with van der Waals surface area (Å²) in [5.74, 6) is 1.88. The maximum absolute atomic E-state index is 5.65. The van der Waals surface area contributed by atoms with Gasteiger partial charge in [0, 0.05) is 5.56 Å². The van der Waals surface area contributed by atoms with Crippen LogP contribution in [0.1, 0.15) is 41.5 Å². The molecule has 0 aliphatic heterocycles. The fourth-order valence-electron chi connectivity index (χ4n) is 2.09. The zero-order chi connectivity index (χ0) is 13.3. The van der Waals surface area contributed by atoms with Crippen molar-refractivity contribution in [2.45, 2.75) is 40.2 Å². The fourth-order valence-corrected chi connectivity index (χ4v) is 3.27. The minimum Gasteiger partial charge on any atom is -0.466 e. The van der Waals surface area contributed by atoms with Crippen molar-refractivity contribution in [3.8, 4) is 10.6 Å². The highest BCUT2D eigenvalue weighted by Crippen LogP contribution is 2.34. The number of aromatic nitrogens is 2. The molecule has 18 heavy (non-hydrogen) atoms. The number of hydrogen-bond acceptors (Lipinski definition) is 5. The predicted molar refractivity (Wildman–Crippen MR) is 73.9 cm³/mol. The van der Waals surface area contributed by atoms with E-state index in [2.05, 4.69) is 29.4 Å². The Morgan fingerprint density at radius 2 is 1.94 bits per heavy atom. The Bertz CT molecular complexity index is 540. The summed E-state index contributed by atoms with van der Waals surface area (Å²) < 4.78 is 5.65. The molecule has 1 atom stereocenters. The van der Waals surface area contributed by atoms with Gasteiger partial charge >= 0.3 is 0 Å². The first-order valence-electron chi connectivity index (χ1n) is 6.16. The molecule has 2 heterocycles. The second-order valence-corrected chi connectivity index (χ2v) is 5.42. The molecule has 98 valence electrons. The van der Waals surface area contributed by atoms with Gasteiger partial charge in [0.25, 0.3) is 0 Å². The van der Waals surface area contributed by atoms with E-state index >= 15 is 0 Å². The standard InChI is InChI=1S/C13H19N3OS/c1-6-10(14-5)12-15-16-13(18-12)11-7(2)8(3)17-9(11)4/h10,14H,6H2,1-5H3. The summed E-state index contributed by atoms with van der Waals surface area (Å²) in [6.45, 7) is 8.17. The van der Waals surface area contributed by atoms with Crippen LogP contribution in [0.4, 0.5) is 0 Å². The lowest BCUT2D eigenvalue weighted by molar-refractivity contribution is 0.503.